The fourth-order valence-electron chi connectivity index (χ4n) is 3.24. The predicted molar refractivity (Wildman–Crippen MR) is 113 cm³/mol. The summed E-state index contributed by atoms with van der Waals surface area (Å²) in [6.07, 6.45) is 0. The molecule has 3 rings (SSSR count). The molecule has 0 aromatic heterocycles. The van der Waals surface area contributed by atoms with Gasteiger partial charge in [0.25, 0.3) is 5.91 Å². The summed E-state index contributed by atoms with van der Waals surface area (Å²) in [5.74, 6) is 0.236. The molecule has 3 aromatic rings. The Balaban J connectivity index is 2.06. The maximum absolute atomic E-state index is 13.5. The molecular weight excluding hydrogens is 364 g/mol. The summed E-state index contributed by atoms with van der Waals surface area (Å²) >= 11 is 0. The number of hydrogen-bond acceptors (Lipinski definition) is 3. The topological polar surface area (TPSA) is 58.6 Å². The van der Waals surface area contributed by atoms with Crippen LogP contribution in [0.2, 0.25) is 0 Å². The number of likely N-dealkylation sites (N-methyl/N-ethyl adjacent to an activating group) is 1. The molecule has 5 heteroatoms. The van der Waals surface area contributed by atoms with Crippen LogP contribution in [0.4, 0.5) is 0 Å². The van der Waals surface area contributed by atoms with Crippen molar-refractivity contribution in [3.05, 3.63) is 102 Å². The largest absolute Gasteiger partial charge is 0.497 e. The van der Waals surface area contributed by atoms with E-state index in [0.717, 1.165) is 11.1 Å². The molecule has 1 atom stereocenters. The zero-order chi connectivity index (χ0) is 20.6. The molecule has 0 unspecified atom stereocenters. The maximum atomic E-state index is 13.5. The number of ether oxygens (including phenoxy) is 1. The summed E-state index contributed by atoms with van der Waals surface area (Å²) in [7, 11) is 3.18. The molecular formula is C24H24N2O3. The Morgan fingerprint density at radius 1 is 0.931 bits per heavy atom. The summed E-state index contributed by atoms with van der Waals surface area (Å²) < 4.78 is 5.31. The maximum Gasteiger partial charge on any atom is 0.255 e. The summed E-state index contributed by atoms with van der Waals surface area (Å²) in [4.78, 5) is 27.9. The SMILES string of the molecule is CNC(=O)[C@@H](c1ccccc1)N(Cc1cccc(OC)c1)C(=O)c1ccccc1. The van der Waals surface area contributed by atoms with Crippen molar-refractivity contribution in [3.8, 4) is 5.75 Å². The number of rotatable bonds is 7. The monoisotopic (exact) mass is 388 g/mol. The highest BCUT2D eigenvalue weighted by molar-refractivity contribution is 5.97. The van der Waals surface area contributed by atoms with Crippen molar-refractivity contribution >= 4 is 11.8 Å². The summed E-state index contributed by atoms with van der Waals surface area (Å²) in [5, 5.41) is 2.70. The number of carbonyl (C=O) groups is 2. The van der Waals surface area contributed by atoms with Gasteiger partial charge in [0, 0.05) is 19.2 Å². The van der Waals surface area contributed by atoms with E-state index in [0.29, 0.717) is 11.3 Å². The Bertz CT molecular complexity index is 958. The Labute approximate surface area is 170 Å². The lowest BCUT2D eigenvalue weighted by Crippen LogP contribution is -2.42. The van der Waals surface area contributed by atoms with Crippen molar-refractivity contribution in [3.63, 3.8) is 0 Å². The van der Waals surface area contributed by atoms with Crippen LogP contribution >= 0.6 is 0 Å². The third-order valence-corrected chi connectivity index (χ3v) is 4.69. The molecule has 0 saturated heterocycles. The molecule has 0 spiro atoms. The fraction of sp³-hybridized carbons (Fsp3) is 0.167. The van der Waals surface area contributed by atoms with E-state index in [1.165, 1.54) is 0 Å². The molecule has 29 heavy (non-hydrogen) atoms. The average molecular weight is 388 g/mol. The van der Waals surface area contributed by atoms with Gasteiger partial charge in [-0.05, 0) is 35.4 Å². The van der Waals surface area contributed by atoms with Crippen molar-refractivity contribution in [2.75, 3.05) is 14.2 Å². The van der Waals surface area contributed by atoms with Gasteiger partial charge in [0.15, 0.2) is 0 Å². The van der Waals surface area contributed by atoms with Gasteiger partial charge >= 0.3 is 0 Å². The van der Waals surface area contributed by atoms with Crippen LogP contribution in [0.1, 0.15) is 27.5 Å². The van der Waals surface area contributed by atoms with Crippen molar-refractivity contribution in [1.82, 2.24) is 10.2 Å². The number of amides is 2. The predicted octanol–water partition coefficient (Wildman–Crippen LogP) is 3.82. The molecule has 0 radical (unpaired) electrons. The van der Waals surface area contributed by atoms with Gasteiger partial charge in [-0.2, -0.15) is 0 Å². The van der Waals surface area contributed by atoms with Crippen molar-refractivity contribution in [1.29, 1.82) is 0 Å². The van der Waals surface area contributed by atoms with Crippen molar-refractivity contribution in [2.45, 2.75) is 12.6 Å². The van der Waals surface area contributed by atoms with Crippen molar-refractivity contribution < 1.29 is 14.3 Å². The lowest BCUT2D eigenvalue weighted by molar-refractivity contribution is -0.125. The van der Waals surface area contributed by atoms with Gasteiger partial charge in [-0.1, -0.05) is 60.7 Å². The molecule has 0 aliphatic rings. The van der Waals surface area contributed by atoms with Crippen molar-refractivity contribution in [2.24, 2.45) is 0 Å². The van der Waals surface area contributed by atoms with Gasteiger partial charge in [0.1, 0.15) is 11.8 Å². The van der Waals surface area contributed by atoms with E-state index in [2.05, 4.69) is 5.32 Å². The fourth-order valence-corrected chi connectivity index (χ4v) is 3.24. The Hall–Kier alpha value is -3.60. The van der Waals surface area contributed by atoms with E-state index in [-0.39, 0.29) is 18.4 Å². The second-order valence-electron chi connectivity index (χ2n) is 6.58. The van der Waals surface area contributed by atoms with Crippen LogP contribution < -0.4 is 10.1 Å². The number of benzene rings is 3. The minimum Gasteiger partial charge on any atom is -0.497 e. The molecule has 3 aromatic carbocycles. The van der Waals surface area contributed by atoms with Gasteiger partial charge in [0.05, 0.1) is 7.11 Å². The zero-order valence-corrected chi connectivity index (χ0v) is 16.5. The van der Waals surface area contributed by atoms with E-state index in [9.17, 15) is 9.59 Å². The van der Waals surface area contributed by atoms with E-state index >= 15 is 0 Å². The number of hydrogen-bond donors (Lipinski definition) is 1. The Kier molecular flexibility index (Phi) is 6.63. The highest BCUT2D eigenvalue weighted by atomic mass is 16.5. The highest BCUT2D eigenvalue weighted by Crippen LogP contribution is 2.26. The van der Waals surface area contributed by atoms with Crippen LogP contribution in [-0.2, 0) is 11.3 Å². The Morgan fingerprint density at radius 3 is 2.21 bits per heavy atom. The standard InChI is InChI=1S/C24H24N2O3/c1-25-23(27)22(19-11-5-3-6-12-19)26(24(28)20-13-7-4-8-14-20)17-18-10-9-15-21(16-18)29-2/h3-16,22H,17H2,1-2H3,(H,25,27)/t22-/m1/s1. The van der Waals surface area contributed by atoms with Gasteiger partial charge < -0.3 is 15.0 Å². The van der Waals surface area contributed by atoms with Crippen LogP contribution in [-0.4, -0.2) is 30.9 Å². The lowest BCUT2D eigenvalue weighted by Gasteiger charge is -2.31. The molecule has 148 valence electrons. The van der Waals surface area contributed by atoms with E-state index < -0.39 is 6.04 Å². The minimum atomic E-state index is -0.764. The number of methoxy groups -OCH3 is 1. The third kappa shape index (κ3) is 4.82. The van der Waals surface area contributed by atoms with Gasteiger partial charge in [-0.15, -0.1) is 0 Å². The normalized spacial score (nSPS) is 11.4. The van der Waals surface area contributed by atoms with Crippen LogP contribution in [0.25, 0.3) is 0 Å². The first-order valence-corrected chi connectivity index (χ1v) is 9.39. The van der Waals surface area contributed by atoms with Gasteiger partial charge in [0.2, 0.25) is 5.91 Å². The first-order valence-electron chi connectivity index (χ1n) is 9.39. The second-order valence-corrected chi connectivity index (χ2v) is 6.58. The first-order chi connectivity index (χ1) is 14.1. The molecule has 1 N–H and O–H groups in total. The van der Waals surface area contributed by atoms with Crippen LogP contribution in [0.5, 0.6) is 5.75 Å². The molecule has 0 saturated carbocycles. The summed E-state index contributed by atoms with van der Waals surface area (Å²) in [6, 6.07) is 25.1. The quantitative estimate of drug-likeness (QED) is 0.669. The molecule has 0 aliphatic heterocycles. The number of nitrogens with one attached hydrogen (secondary N) is 1. The van der Waals surface area contributed by atoms with E-state index in [1.807, 2.05) is 72.8 Å². The third-order valence-electron chi connectivity index (χ3n) is 4.69. The average Bonchev–Trinajstić information content (AvgIpc) is 2.79. The molecule has 0 aliphatic carbocycles. The first kappa shape index (κ1) is 20.1. The highest BCUT2D eigenvalue weighted by Gasteiger charge is 2.31. The summed E-state index contributed by atoms with van der Waals surface area (Å²) in [6.45, 7) is 0.262. The number of carbonyl (C=O) groups excluding carboxylic acids is 2. The molecule has 5 nitrogen and oxygen atoms in total. The molecule has 0 fully saturated rings. The van der Waals surface area contributed by atoms with E-state index in [4.69, 9.17) is 4.74 Å². The zero-order valence-electron chi connectivity index (χ0n) is 16.5. The summed E-state index contributed by atoms with van der Waals surface area (Å²) in [5.41, 5.74) is 2.15. The Morgan fingerprint density at radius 2 is 1.59 bits per heavy atom. The number of nitrogens with zero attached hydrogens (tertiary/aromatic N) is 1. The van der Waals surface area contributed by atoms with Gasteiger partial charge in [-0.3, -0.25) is 9.59 Å². The van der Waals surface area contributed by atoms with Crippen LogP contribution in [0, 0.1) is 0 Å². The molecule has 0 heterocycles. The second kappa shape index (κ2) is 9.55. The van der Waals surface area contributed by atoms with Gasteiger partial charge in [-0.25, -0.2) is 0 Å². The minimum absolute atomic E-state index is 0.217. The smallest absolute Gasteiger partial charge is 0.255 e. The van der Waals surface area contributed by atoms with E-state index in [1.54, 1.807) is 31.2 Å². The molecule has 0 bridgehead atoms. The lowest BCUT2D eigenvalue weighted by atomic mass is 10.0. The van der Waals surface area contributed by atoms with Crippen LogP contribution in [0.15, 0.2) is 84.9 Å². The van der Waals surface area contributed by atoms with Crippen LogP contribution in [0.3, 0.4) is 0 Å². The molecule has 2 amide bonds.